The van der Waals surface area contributed by atoms with Crippen molar-refractivity contribution in [1.82, 2.24) is 38.7 Å². The first-order valence-electron chi connectivity index (χ1n) is 21.0. The summed E-state index contributed by atoms with van der Waals surface area (Å²) >= 11 is 12.6. The summed E-state index contributed by atoms with van der Waals surface area (Å²) < 4.78 is 14.4. The number of aromatic amines is 2. The number of hydrogen-bond acceptors (Lipinski definition) is 10. The van der Waals surface area contributed by atoms with Crippen molar-refractivity contribution in [3.05, 3.63) is 185 Å². The van der Waals surface area contributed by atoms with E-state index >= 15 is 0 Å². The van der Waals surface area contributed by atoms with Gasteiger partial charge in [0.15, 0.2) is 12.1 Å². The minimum atomic E-state index is -0.132. The lowest BCUT2D eigenvalue weighted by molar-refractivity contribution is 0.111. The van der Waals surface area contributed by atoms with E-state index in [1.54, 1.807) is 50.9 Å². The number of aliphatic hydroxyl groups is 2. The van der Waals surface area contributed by atoms with Crippen molar-refractivity contribution in [3.63, 3.8) is 0 Å². The molecule has 0 atom stereocenters. The summed E-state index contributed by atoms with van der Waals surface area (Å²) in [5.74, 6) is 2.43. The molecule has 0 bridgehead atoms. The van der Waals surface area contributed by atoms with E-state index < -0.39 is 0 Å². The van der Waals surface area contributed by atoms with Crippen LogP contribution in [0.15, 0.2) is 147 Å². The van der Waals surface area contributed by atoms with E-state index in [2.05, 4.69) is 56.3 Å². The van der Waals surface area contributed by atoms with Gasteiger partial charge in [0.05, 0.1) is 48.9 Å². The predicted molar refractivity (Wildman–Crippen MR) is 261 cm³/mol. The summed E-state index contributed by atoms with van der Waals surface area (Å²) in [5, 5.41) is 20.5. The number of imidazole rings is 4. The van der Waals surface area contributed by atoms with Crippen LogP contribution in [0.4, 0.5) is 5.69 Å². The van der Waals surface area contributed by atoms with Crippen molar-refractivity contribution in [3.8, 4) is 56.3 Å². The SMILES string of the molecule is COc1cc(CO)c(-c2cn3ccc(-c4ccc(CCc5ncc[nH]5)cc4)cc3n2)cc1Cl.COc1cc(CO)c(-c2cn3ccc(-c4ccc(N)cc4)cc3n2)cc1Cl.O=Cc1ncc[nH]1. The predicted octanol–water partition coefficient (Wildman–Crippen LogP) is 9.96. The van der Waals surface area contributed by atoms with Crippen LogP contribution in [0, 0.1) is 0 Å². The number of nitrogens with zero attached hydrogens (tertiary/aromatic N) is 6. The Kier molecular flexibility index (Phi) is 14.4. The molecule has 6 N–H and O–H groups in total. The quantitative estimate of drug-likeness (QED) is 0.0581. The van der Waals surface area contributed by atoms with Crippen molar-refractivity contribution < 1.29 is 24.5 Å². The summed E-state index contributed by atoms with van der Waals surface area (Å²) in [6.45, 7) is -0.262. The van der Waals surface area contributed by atoms with Crippen LogP contribution in [-0.4, -0.2) is 69.4 Å². The average Bonchev–Trinajstić information content (AvgIpc) is 4.22. The van der Waals surface area contributed by atoms with Gasteiger partial charge >= 0.3 is 0 Å². The highest BCUT2D eigenvalue weighted by Gasteiger charge is 2.16. The fourth-order valence-corrected chi connectivity index (χ4v) is 7.89. The first-order valence-corrected chi connectivity index (χ1v) is 21.7. The number of carbonyl (C=O) groups is 1. The Morgan fingerprint density at radius 2 is 1.15 bits per heavy atom. The van der Waals surface area contributed by atoms with E-state index in [0.717, 1.165) is 80.4 Å². The van der Waals surface area contributed by atoms with E-state index in [1.807, 2.05) is 76.2 Å². The Balaban J connectivity index is 0.000000161. The number of H-pyrrole nitrogens is 2. The van der Waals surface area contributed by atoms with Crippen LogP contribution in [0.1, 0.15) is 33.1 Å². The van der Waals surface area contributed by atoms with Gasteiger partial charge in [-0.25, -0.2) is 19.9 Å². The third-order valence-corrected chi connectivity index (χ3v) is 11.5. The molecule has 4 aromatic carbocycles. The minimum absolute atomic E-state index is 0.131. The molecular weight excluding hydrogens is 890 g/mol. The third-order valence-electron chi connectivity index (χ3n) is 10.9. The number of hydrogen-bond donors (Lipinski definition) is 5. The Morgan fingerprint density at radius 3 is 1.58 bits per heavy atom. The number of nitrogen functional groups attached to an aromatic ring is 1. The van der Waals surface area contributed by atoms with Gasteiger partial charge in [0.1, 0.15) is 28.6 Å². The van der Waals surface area contributed by atoms with Gasteiger partial charge in [0.25, 0.3) is 0 Å². The van der Waals surface area contributed by atoms with Gasteiger partial charge < -0.3 is 44.2 Å². The molecule has 0 saturated heterocycles. The normalized spacial score (nSPS) is 10.9. The number of ether oxygens (including phenoxy) is 2. The molecule has 0 aliphatic carbocycles. The zero-order valence-electron chi connectivity index (χ0n) is 36.4. The lowest BCUT2D eigenvalue weighted by atomic mass is 10.0. The number of fused-ring (bicyclic) bond motifs is 2. The third kappa shape index (κ3) is 10.7. The Bertz CT molecular complexity index is 3240. The maximum absolute atomic E-state index is 9.83. The molecule has 0 aliphatic rings. The van der Waals surface area contributed by atoms with Crippen LogP contribution in [0.25, 0.3) is 56.1 Å². The highest BCUT2D eigenvalue weighted by Crippen LogP contribution is 2.36. The standard InChI is InChI=1S/C26H23ClN4O2.C21H18ClN3O2.C4H4N2O/c1-33-24-12-20(16-32)21(14-22(24)27)23-15-31-11-8-19(13-26(31)30-23)18-5-2-17(3-6-18)4-7-25-28-9-10-29-25;1-27-20-8-15(12-26)17(10-18(20)22)19-11-25-7-6-14(9-21(25)24-19)13-2-4-16(23)5-3-13;7-3-4-5-1-2-6-4/h2-3,5-6,8-15,32H,4,7,16H2,1H3,(H,28,29);2-11,26H,12,23H2,1H3;1-3H,(H,5,6). The molecule has 0 amide bonds. The molecule has 0 unspecified atom stereocenters. The van der Waals surface area contributed by atoms with Crippen LogP contribution in [0.5, 0.6) is 11.5 Å². The number of rotatable bonds is 12. The van der Waals surface area contributed by atoms with E-state index in [-0.39, 0.29) is 13.2 Å². The van der Waals surface area contributed by atoms with E-state index in [9.17, 15) is 15.0 Å². The lowest BCUT2D eigenvalue weighted by Crippen LogP contribution is -1.93. The van der Waals surface area contributed by atoms with Gasteiger partial charge in [0, 0.05) is 72.8 Å². The van der Waals surface area contributed by atoms with Crippen molar-refractivity contribution in [1.29, 1.82) is 0 Å². The van der Waals surface area contributed by atoms with Crippen LogP contribution in [0.2, 0.25) is 10.0 Å². The van der Waals surface area contributed by atoms with Crippen molar-refractivity contribution in [2.45, 2.75) is 26.1 Å². The number of anilines is 1. The second kappa shape index (κ2) is 21.0. The molecule has 0 radical (unpaired) electrons. The molecule has 0 spiro atoms. The maximum atomic E-state index is 9.83. The van der Waals surface area contributed by atoms with Gasteiger partial charge in [-0.2, -0.15) is 0 Å². The van der Waals surface area contributed by atoms with Crippen molar-refractivity contribution >= 4 is 46.5 Å². The van der Waals surface area contributed by atoms with Crippen LogP contribution < -0.4 is 15.2 Å². The molecule has 0 fully saturated rings. The lowest BCUT2D eigenvalue weighted by Gasteiger charge is -2.09. The number of aldehydes is 1. The summed E-state index contributed by atoms with van der Waals surface area (Å²) in [6.07, 6.45) is 17.1. The fourth-order valence-electron chi connectivity index (χ4n) is 7.40. The number of pyridine rings is 2. The second-order valence-electron chi connectivity index (χ2n) is 15.2. The summed E-state index contributed by atoms with van der Waals surface area (Å²) in [5.41, 5.74) is 18.2. The number of aryl methyl sites for hydroxylation is 2. The van der Waals surface area contributed by atoms with E-state index in [0.29, 0.717) is 44.8 Å². The van der Waals surface area contributed by atoms with Gasteiger partial charge in [-0.1, -0.05) is 59.6 Å². The number of nitrogens with one attached hydrogen (secondary N) is 2. The Labute approximate surface area is 395 Å². The summed E-state index contributed by atoms with van der Waals surface area (Å²) in [7, 11) is 3.10. The Hall–Kier alpha value is -7.75. The molecule has 0 aliphatic heterocycles. The van der Waals surface area contributed by atoms with E-state index in [1.165, 1.54) is 11.8 Å². The number of benzene rings is 4. The van der Waals surface area contributed by atoms with Crippen LogP contribution in [0.3, 0.4) is 0 Å². The largest absolute Gasteiger partial charge is 0.495 e. The minimum Gasteiger partial charge on any atom is -0.495 e. The molecule has 338 valence electrons. The zero-order valence-corrected chi connectivity index (χ0v) is 37.9. The average molecular weight is 935 g/mol. The second-order valence-corrected chi connectivity index (χ2v) is 16.0. The van der Waals surface area contributed by atoms with Gasteiger partial charge in [-0.3, -0.25) is 4.79 Å². The highest BCUT2D eigenvalue weighted by atomic mass is 35.5. The first-order chi connectivity index (χ1) is 32.7. The molecule has 67 heavy (non-hydrogen) atoms. The molecule has 10 aromatic rings. The molecule has 6 aromatic heterocycles. The number of carbonyl (C=O) groups excluding carboxylic acids is 1. The molecule has 0 saturated carbocycles. The van der Waals surface area contributed by atoms with E-state index in [4.69, 9.17) is 48.4 Å². The van der Waals surface area contributed by atoms with Crippen LogP contribution >= 0.6 is 23.2 Å². The first kappa shape index (κ1) is 45.8. The fraction of sp³-hybridized carbons (Fsp3) is 0.118. The monoisotopic (exact) mass is 933 g/mol. The summed E-state index contributed by atoms with van der Waals surface area (Å²) in [4.78, 5) is 32.9. The number of methoxy groups -OCH3 is 2. The summed E-state index contributed by atoms with van der Waals surface area (Å²) in [6, 6.07) is 31.5. The molecule has 14 nitrogen and oxygen atoms in total. The van der Waals surface area contributed by atoms with Crippen molar-refractivity contribution in [2.24, 2.45) is 0 Å². The van der Waals surface area contributed by atoms with Crippen molar-refractivity contribution in [2.75, 3.05) is 20.0 Å². The number of aromatic nitrogens is 8. The van der Waals surface area contributed by atoms with Crippen LogP contribution in [-0.2, 0) is 26.1 Å². The number of nitrogens with two attached hydrogens (primary N) is 1. The number of aliphatic hydroxyl groups excluding tert-OH is 2. The Morgan fingerprint density at radius 1 is 0.642 bits per heavy atom. The zero-order chi connectivity index (χ0) is 46.9. The number of halogens is 2. The van der Waals surface area contributed by atoms with Gasteiger partial charge in [-0.05, 0) is 106 Å². The topological polar surface area (TPSA) is 194 Å². The highest BCUT2D eigenvalue weighted by molar-refractivity contribution is 6.32. The molecule has 16 heteroatoms. The van der Waals surface area contributed by atoms with Gasteiger partial charge in [-0.15, -0.1) is 0 Å². The van der Waals surface area contributed by atoms with Gasteiger partial charge in [0.2, 0.25) is 0 Å². The molecule has 6 heterocycles. The smallest absolute Gasteiger partial charge is 0.185 e. The molecule has 10 rings (SSSR count). The molecular formula is C51H45Cl2N9O5. The maximum Gasteiger partial charge on any atom is 0.185 e.